The highest BCUT2D eigenvalue weighted by Crippen LogP contribution is 2.48. The van der Waals surface area contributed by atoms with Crippen molar-refractivity contribution < 1.29 is 14.2 Å². The molecule has 2 aliphatic heterocycles. The van der Waals surface area contributed by atoms with Crippen molar-refractivity contribution in [3.8, 4) is 17.2 Å². The molecular weight excluding hydrogens is 412 g/mol. The van der Waals surface area contributed by atoms with Gasteiger partial charge in [-0.2, -0.15) is 5.10 Å². The van der Waals surface area contributed by atoms with Gasteiger partial charge in [-0.1, -0.05) is 11.6 Å². The lowest BCUT2D eigenvalue weighted by atomic mass is 9.96. The van der Waals surface area contributed by atoms with E-state index in [0.717, 1.165) is 46.1 Å². The fourth-order valence-corrected chi connectivity index (χ4v) is 4.31. The van der Waals surface area contributed by atoms with E-state index in [2.05, 4.69) is 12.1 Å². The molecule has 5 rings (SSSR count). The maximum Gasteiger partial charge on any atom is 0.213 e. The molecule has 0 bridgehead atoms. The Kier molecular flexibility index (Phi) is 5.20. The largest absolute Gasteiger partial charge is 0.497 e. The van der Waals surface area contributed by atoms with Gasteiger partial charge in [-0.15, -0.1) is 0 Å². The summed E-state index contributed by atoms with van der Waals surface area (Å²) < 4.78 is 17.3. The maximum atomic E-state index is 6.40. The van der Waals surface area contributed by atoms with E-state index in [1.165, 1.54) is 0 Å². The quantitative estimate of drug-likeness (QED) is 0.494. The number of benzene rings is 3. The molecule has 158 valence electrons. The van der Waals surface area contributed by atoms with Gasteiger partial charge >= 0.3 is 0 Å². The smallest absolute Gasteiger partial charge is 0.213 e. The third-order valence-corrected chi connectivity index (χ3v) is 5.89. The number of hydrazone groups is 1. The number of hydrogen-bond acceptors (Lipinski definition) is 5. The van der Waals surface area contributed by atoms with Gasteiger partial charge in [0.1, 0.15) is 17.2 Å². The summed E-state index contributed by atoms with van der Waals surface area (Å²) in [5, 5.41) is 7.74. The predicted molar refractivity (Wildman–Crippen MR) is 121 cm³/mol. The number of fused-ring (bicyclic) bond motifs is 3. The van der Waals surface area contributed by atoms with E-state index in [4.69, 9.17) is 30.9 Å². The zero-order valence-corrected chi connectivity index (χ0v) is 18.2. The third kappa shape index (κ3) is 3.70. The molecule has 0 N–H and O–H groups in total. The Bertz CT molecular complexity index is 1110. The zero-order chi connectivity index (χ0) is 21.4. The van der Waals surface area contributed by atoms with Gasteiger partial charge in [-0.05, 0) is 79.2 Å². The first kappa shape index (κ1) is 19.8. The van der Waals surface area contributed by atoms with Crippen LogP contribution in [0.2, 0.25) is 5.02 Å². The molecule has 2 atom stereocenters. The van der Waals surface area contributed by atoms with Crippen molar-refractivity contribution in [3.05, 3.63) is 88.4 Å². The van der Waals surface area contributed by atoms with Gasteiger partial charge in [0.05, 0.1) is 25.5 Å². The predicted octanol–water partition coefficient (Wildman–Crippen LogP) is 5.99. The van der Waals surface area contributed by atoms with Crippen molar-refractivity contribution >= 4 is 17.3 Å². The van der Waals surface area contributed by atoms with Gasteiger partial charge in [0.15, 0.2) is 0 Å². The van der Waals surface area contributed by atoms with Crippen LogP contribution in [-0.4, -0.2) is 24.4 Å². The molecule has 0 aromatic heterocycles. The molecule has 0 amide bonds. The Morgan fingerprint density at radius 2 is 1.77 bits per heavy atom. The Morgan fingerprint density at radius 3 is 2.48 bits per heavy atom. The van der Waals surface area contributed by atoms with Gasteiger partial charge < -0.3 is 14.2 Å². The van der Waals surface area contributed by atoms with Gasteiger partial charge in [0, 0.05) is 22.6 Å². The molecule has 0 radical (unpaired) electrons. The number of rotatable bonds is 5. The minimum absolute atomic E-state index is 0.0520. The Morgan fingerprint density at radius 1 is 1.03 bits per heavy atom. The first-order chi connectivity index (χ1) is 15.2. The number of methoxy groups -OCH3 is 1. The fraction of sp³-hybridized carbons (Fsp3) is 0.240. The van der Waals surface area contributed by atoms with Crippen molar-refractivity contribution in [2.75, 3.05) is 13.7 Å². The Labute approximate surface area is 186 Å². The second-order valence-electron chi connectivity index (χ2n) is 7.53. The monoisotopic (exact) mass is 434 g/mol. The van der Waals surface area contributed by atoms with Gasteiger partial charge in [-0.25, -0.2) is 5.01 Å². The van der Waals surface area contributed by atoms with Crippen molar-refractivity contribution in [2.45, 2.75) is 25.6 Å². The van der Waals surface area contributed by atoms with Crippen molar-refractivity contribution in [3.63, 3.8) is 0 Å². The number of halogens is 1. The molecule has 0 saturated heterocycles. The third-order valence-electron chi connectivity index (χ3n) is 5.65. The van der Waals surface area contributed by atoms with E-state index in [0.29, 0.717) is 11.6 Å². The molecule has 3 aromatic carbocycles. The summed E-state index contributed by atoms with van der Waals surface area (Å²) >= 11 is 6.32. The first-order valence-corrected chi connectivity index (χ1v) is 10.7. The van der Waals surface area contributed by atoms with Crippen LogP contribution in [0.25, 0.3) is 0 Å². The standard InChI is InChI=1S/C25H23ClN2O3/c1-3-30-20-11-4-16(5-12-20)22-15-23-21-14-18(26)8-13-24(21)31-25(28(23)27-22)17-6-9-19(29-2)10-7-17/h4-14,23,25H,3,15H2,1-2H3/t23-,25-/m0/s1. The topological polar surface area (TPSA) is 43.3 Å². The van der Waals surface area contributed by atoms with Crippen molar-refractivity contribution in [1.29, 1.82) is 0 Å². The van der Waals surface area contributed by atoms with E-state index in [1.54, 1.807) is 7.11 Å². The molecule has 3 aromatic rings. The molecule has 0 saturated carbocycles. The first-order valence-electron chi connectivity index (χ1n) is 10.4. The molecule has 2 aliphatic rings. The lowest BCUT2D eigenvalue weighted by Crippen LogP contribution is -2.33. The normalized spacial score (nSPS) is 19.2. The fourth-order valence-electron chi connectivity index (χ4n) is 4.13. The lowest BCUT2D eigenvalue weighted by molar-refractivity contribution is -0.0190. The van der Waals surface area contributed by atoms with Gasteiger partial charge in [-0.3, -0.25) is 0 Å². The van der Waals surface area contributed by atoms with Crippen molar-refractivity contribution in [1.82, 2.24) is 5.01 Å². The minimum atomic E-state index is -0.329. The van der Waals surface area contributed by atoms with Crippen LogP contribution in [0, 0.1) is 0 Å². The molecule has 0 aliphatic carbocycles. The molecule has 31 heavy (non-hydrogen) atoms. The van der Waals surface area contributed by atoms with Crippen LogP contribution in [0.4, 0.5) is 0 Å². The van der Waals surface area contributed by atoms with Crippen LogP contribution in [-0.2, 0) is 0 Å². The van der Waals surface area contributed by atoms with Crippen LogP contribution in [0.1, 0.15) is 42.3 Å². The molecular formula is C25H23ClN2O3. The summed E-state index contributed by atoms with van der Waals surface area (Å²) in [6, 6.07) is 21.9. The van der Waals surface area contributed by atoms with Crippen LogP contribution in [0.5, 0.6) is 17.2 Å². The maximum absolute atomic E-state index is 6.40. The van der Waals surface area contributed by atoms with Gasteiger partial charge in [0.2, 0.25) is 6.23 Å². The summed E-state index contributed by atoms with van der Waals surface area (Å²) in [5.74, 6) is 2.51. The van der Waals surface area contributed by atoms with Crippen LogP contribution in [0.15, 0.2) is 71.8 Å². The minimum Gasteiger partial charge on any atom is -0.497 e. The molecule has 0 spiro atoms. The van der Waals surface area contributed by atoms with Crippen LogP contribution >= 0.6 is 11.6 Å². The summed E-state index contributed by atoms with van der Waals surface area (Å²) in [7, 11) is 1.66. The van der Waals surface area contributed by atoms with Crippen LogP contribution in [0.3, 0.4) is 0 Å². The summed E-state index contributed by atoms with van der Waals surface area (Å²) in [6.07, 6.45) is 0.446. The molecule has 0 fully saturated rings. The van der Waals surface area contributed by atoms with Crippen LogP contribution < -0.4 is 14.2 Å². The van der Waals surface area contributed by atoms with E-state index in [-0.39, 0.29) is 12.3 Å². The second-order valence-corrected chi connectivity index (χ2v) is 7.97. The summed E-state index contributed by atoms with van der Waals surface area (Å²) in [5.41, 5.74) is 4.17. The molecule has 6 heteroatoms. The van der Waals surface area contributed by atoms with E-state index >= 15 is 0 Å². The SMILES string of the molecule is CCOc1ccc(C2=NN3[C@@H](C2)c2cc(Cl)ccc2O[C@H]3c2ccc(OC)cc2)cc1. The molecule has 5 nitrogen and oxygen atoms in total. The number of nitrogens with zero attached hydrogens (tertiary/aromatic N) is 2. The van der Waals surface area contributed by atoms with Gasteiger partial charge in [0.25, 0.3) is 0 Å². The highest BCUT2D eigenvalue weighted by atomic mass is 35.5. The molecule has 0 unspecified atom stereocenters. The Balaban J connectivity index is 1.53. The van der Waals surface area contributed by atoms with E-state index in [9.17, 15) is 0 Å². The zero-order valence-electron chi connectivity index (χ0n) is 17.4. The Hall–Kier alpha value is -3.18. The van der Waals surface area contributed by atoms with E-state index < -0.39 is 0 Å². The average molecular weight is 435 g/mol. The van der Waals surface area contributed by atoms with Crippen molar-refractivity contribution in [2.24, 2.45) is 5.10 Å². The van der Waals surface area contributed by atoms with E-state index in [1.807, 2.05) is 66.5 Å². The lowest BCUT2D eigenvalue weighted by Gasteiger charge is -2.38. The summed E-state index contributed by atoms with van der Waals surface area (Å²) in [4.78, 5) is 0. The summed E-state index contributed by atoms with van der Waals surface area (Å²) in [6.45, 7) is 2.63. The number of ether oxygens (including phenoxy) is 3. The average Bonchev–Trinajstić information content (AvgIpc) is 3.25. The second kappa shape index (κ2) is 8.16. The number of hydrogen-bond donors (Lipinski definition) is 0. The highest BCUT2D eigenvalue weighted by Gasteiger charge is 2.41. The molecule has 2 heterocycles. The highest BCUT2D eigenvalue weighted by molar-refractivity contribution is 6.30.